The highest BCUT2D eigenvalue weighted by atomic mass is 32.1. The highest BCUT2D eigenvalue weighted by molar-refractivity contribution is 7.07. The molecule has 1 unspecified atom stereocenters. The first-order chi connectivity index (χ1) is 12.6. The monoisotopic (exact) mass is 374 g/mol. The number of carbonyl (C=O) groups excluding carboxylic acids is 1. The number of hydrogen-bond acceptors (Lipinski definition) is 4. The lowest BCUT2D eigenvalue weighted by molar-refractivity contribution is 0.231. The van der Waals surface area contributed by atoms with E-state index >= 15 is 0 Å². The van der Waals surface area contributed by atoms with Gasteiger partial charge in [0.1, 0.15) is 0 Å². The van der Waals surface area contributed by atoms with Crippen molar-refractivity contribution in [3.8, 4) is 0 Å². The smallest absolute Gasteiger partial charge is 0.314 e. The number of urea groups is 1. The molecule has 1 atom stereocenters. The second-order valence-electron chi connectivity index (χ2n) is 6.75. The van der Waals surface area contributed by atoms with Crippen molar-refractivity contribution >= 4 is 17.4 Å². The number of thiophene rings is 1. The summed E-state index contributed by atoms with van der Waals surface area (Å²) < 4.78 is 0. The van der Waals surface area contributed by atoms with E-state index in [9.17, 15) is 4.79 Å². The van der Waals surface area contributed by atoms with Gasteiger partial charge in [-0.3, -0.25) is 0 Å². The number of benzene rings is 1. The van der Waals surface area contributed by atoms with Gasteiger partial charge in [0.2, 0.25) is 0 Å². The van der Waals surface area contributed by atoms with Gasteiger partial charge in [0.25, 0.3) is 0 Å². The van der Waals surface area contributed by atoms with Crippen LogP contribution in [-0.2, 0) is 6.54 Å². The first-order valence-corrected chi connectivity index (χ1v) is 9.93. The summed E-state index contributed by atoms with van der Waals surface area (Å²) >= 11 is 1.68. The van der Waals surface area contributed by atoms with Crippen LogP contribution in [0.5, 0.6) is 0 Å². The molecule has 2 amide bonds. The molecule has 2 N–H and O–H groups in total. The molecule has 5 nitrogen and oxygen atoms in total. The molecule has 0 bridgehead atoms. The number of carbonyl (C=O) groups is 1. The second-order valence-corrected chi connectivity index (χ2v) is 7.53. The first-order valence-electron chi connectivity index (χ1n) is 8.99. The topological polar surface area (TPSA) is 47.6 Å². The Morgan fingerprint density at radius 2 is 1.88 bits per heavy atom. The fourth-order valence-corrected chi connectivity index (χ4v) is 3.55. The fourth-order valence-electron chi connectivity index (χ4n) is 2.84. The predicted octanol–water partition coefficient (Wildman–Crippen LogP) is 3.17. The predicted molar refractivity (Wildman–Crippen MR) is 110 cm³/mol. The Morgan fingerprint density at radius 1 is 1.12 bits per heavy atom. The summed E-state index contributed by atoms with van der Waals surface area (Å²) in [6.07, 6.45) is 0.929. The van der Waals surface area contributed by atoms with Gasteiger partial charge in [-0.1, -0.05) is 30.3 Å². The van der Waals surface area contributed by atoms with Crippen molar-refractivity contribution in [3.05, 3.63) is 58.3 Å². The van der Waals surface area contributed by atoms with Crippen LogP contribution in [0.4, 0.5) is 4.79 Å². The van der Waals surface area contributed by atoms with Crippen molar-refractivity contribution in [2.75, 3.05) is 40.8 Å². The van der Waals surface area contributed by atoms with Gasteiger partial charge in [0.15, 0.2) is 0 Å². The third-order valence-electron chi connectivity index (χ3n) is 4.30. The summed E-state index contributed by atoms with van der Waals surface area (Å²) in [6, 6.07) is 12.6. The molecule has 2 aromatic rings. The molecule has 1 heterocycles. The van der Waals surface area contributed by atoms with Crippen LogP contribution in [0.25, 0.3) is 0 Å². The van der Waals surface area contributed by atoms with Gasteiger partial charge in [-0.25, -0.2) is 4.79 Å². The molecule has 0 aliphatic carbocycles. The SMILES string of the molecule is CN(CCCNC(=O)NCC(c1ccsc1)N(C)C)Cc1ccccc1. The van der Waals surface area contributed by atoms with E-state index in [4.69, 9.17) is 0 Å². The van der Waals surface area contributed by atoms with Crippen LogP contribution in [-0.4, -0.2) is 56.6 Å². The van der Waals surface area contributed by atoms with E-state index in [0.717, 1.165) is 19.5 Å². The number of likely N-dealkylation sites (N-methyl/N-ethyl adjacent to an activating group) is 1. The van der Waals surface area contributed by atoms with Gasteiger partial charge in [-0.2, -0.15) is 11.3 Å². The zero-order chi connectivity index (χ0) is 18.8. The van der Waals surface area contributed by atoms with Gasteiger partial charge in [-0.05, 0) is 62.1 Å². The first kappa shape index (κ1) is 20.4. The summed E-state index contributed by atoms with van der Waals surface area (Å²) in [7, 11) is 6.17. The van der Waals surface area contributed by atoms with Crippen molar-refractivity contribution in [2.45, 2.75) is 19.0 Å². The minimum absolute atomic E-state index is 0.0993. The van der Waals surface area contributed by atoms with Crippen LogP contribution in [0.3, 0.4) is 0 Å². The Labute approximate surface area is 161 Å². The molecule has 1 aromatic carbocycles. The zero-order valence-corrected chi connectivity index (χ0v) is 16.8. The maximum Gasteiger partial charge on any atom is 0.314 e. The van der Waals surface area contributed by atoms with Crippen LogP contribution < -0.4 is 10.6 Å². The number of nitrogens with zero attached hydrogens (tertiary/aromatic N) is 2. The van der Waals surface area contributed by atoms with E-state index in [1.165, 1.54) is 11.1 Å². The van der Waals surface area contributed by atoms with Gasteiger partial charge < -0.3 is 20.4 Å². The molecular weight excluding hydrogens is 344 g/mol. The molecule has 0 fully saturated rings. The second kappa shape index (κ2) is 11.0. The summed E-state index contributed by atoms with van der Waals surface area (Å²) in [5.41, 5.74) is 2.55. The van der Waals surface area contributed by atoms with E-state index in [1.807, 2.05) is 20.2 Å². The molecule has 0 spiro atoms. The standard InChI is InChI=1S/C20H30N4OS/c1-23(2)19(18-10-13-26-16-18)14-22-20(25)21-11-7-12-24(3)15-17-8-5-4-6-9-17/h4-6,8-10,13,16,19H,7,11-12,14-15H2,1-3H3,(H2,21,22,25). The van der Waals surface area contributed by atoms with Crippen molar-refractivity contribution in [2.24, 2.45) is 0 Å². The Hall–Kier alpha value is -1.89. The summed E-state index contributed by atoms with van der Waals surface area (Å²) in [5, 5.41) is 10.1. The van der Waals surface area contributed by atoms with Crippen LogP contribution in [0.2, 0.25) is 0 Å². The van der Waals surface area contributed by atoms with E-state index in [1.54, 1.807) is 11.3 Å². The summed E-state index contributed by atoms with van der Waals surface area (Å²) in [5.74, 6) is 0. The fraction of sp³-hybridized carbons (Fsp3) is 0.450. The quantitative estimate of drug-likeness (QED) is 0.628. The Bertz CT molecular complexity index is 631. The number of nitrogens with one attached hydrogen (secondary N) is 2. The third-order valence-corrected chi connectivity index (χ3v) is 5.01. The number of amides is 2. The molecule has 0 aliphatic rings. The maximum atomic E-state index is 12.0. The highest BCUT2D eigenvalue weighted by Gasteiger charge is 2.15. The van der Waals surface area contributed by atoms with Crippen molar-refractivity contribution in [1.82, 2.24) is 20.4 Å². The van der Waals surface area contributed by atoms with Gasteiger partial charge in [0.05, 0.1) is 6.04 Å². The van der Waals surface area contributed by atoms with Crippen LogP contribution >= 0.6 is 11.3 Å². The Morgan fingerprint density at radius 3 is 2.54 bits per heavy atom. The highest BCUT2D eigenvalue weighted by Crippen LogP contribution is 2.19. The molecule has 0 saturated carbocycles. The lowest BCUT2D eigenvalue weighted by atomic mass is 10.1. The maximum absolute atomic E-state index is 12.0. The normalized spacial score (nSPS) is 12.3. The number of hydrogen-bond donors (Lipinski definition) is 2. The molecular formula is C20H30N4OS. The molecule has 0 aliphatic heterocycles. The van der Waals surface area contributed by atoms with Gasteiger partial charge in [-0.15, -0.1) is 0 Å². The number of rotatable bonds is 10. The van der Waals surface area contributed by atoms with E-state index in [-0.39, 0.29) is 12.1 Å². The summed E-state index contributed by atoms with van der Waals surface area (Å²) in [6.45, 7) is 3.15. The van der Waals surface area contributed by atoms with E-state index in [0.29, 0.717) is 13.1 Å². The van der Waals surface area contributed by atoms with Gasteiger partial charge >= 0.3 is 6.03 Å². The molecule has 2 rings (SSSR count). The average molecular weight is 375 g/mol. The minimum atomic E-state index is -0.0993. The molecule has 142 valence electrons. The van der Waals surface area contributed by atoms with Crippen molar-refractivity contribution in [3.63, 3.8) is 0 Å². The van der Waals surface area contributed by atoms with Crippen LogP contribution in [0.1, 0.15) is 23.6 Å². The van der Waals surface area contributed by atoms with Crippen molar-refractivity contribution in [1.29, 1.82) is 0 Å². The minimum Gasteiger partial charge on any atom is -0.338 e. The van der Waals surface area contributed by atoms with Crippen LogP contribution in [0.15, 0.2) is 47.2 Å². The molecule has 0 radical (unpaired) electrons. The van der Waals surface area contributed by atoms with Crippen LogP contribution in [0, 0.1) is 0 Å². The Kier molecular flexibility index (Phi) is 8.61. The average Bonchev–Trinajstić information content (AvgIpc) is 3.14. The molecule has 1 aromatic heterocycles. The molecule has 6 heteroatoms. The van der Waals surface area contributed by atoms with Gasteiger partial charge in [0, 0.05) is 19.6 Å². The third kappa shape index (κ3) is 7.15. The van der Waals surface area contributed by atoms with E-state index in [2.05, 4.69) is 68.6 Å². The van der Waals surface area contributed by atoms with E-state index < -0.39 is 0 Å². The van der Waals surface area contributed by atoms with Crippen molar-refractivity contribution < 1.29 is 4.79 Å². The lowest BCUT2D eigenvalue weighted by Crippen LogP contribution is -2.41. The molecule has 26 heavy (non-hydrogen) atoms. The zero-order valence-electron chi connectivity index (χ0n) is 15.9. The Balaban J connectivity index is 1.61. The lowest BCUT2D eigenvalue weighted by Gasteiger charge is -2.24. The largest absolute Gasteiger partial charge is 0.338 e. The summed E-state index contributed by atoms with van der Waals surface area (Å²) in [4.78, 5) is 16.4. The molecule has 0 saturated heterocycles.